The molecule has 10 nitrogen and oxygen atoms in total. The van der Waals surface area contributed by atoms with Crippen molar-refractivity contribution in [2.24, 2.45) is 5.92 Å². The van der Waals surface area contributed by atoms with Gasteiger partial charge >= 0.3 is 5.69 Å². The zero-order valence-electron chi connectivity index (χ0n) is 23.5. The number of carbonyl (C=O) groups excluding carboxylic acids is 1. The van der Waals surface area contributed by atoms with Gasteiger partial charge in [-0.05, 0) is 75.9 Å². The van der Waals surface area contributed by atoms with E-state index in [1.165, 1.54) is 0 Å². The van der Waals surface area contributed by atoms with Gasteiger partial charge in [-0.2, -0.15) is 0 Å². The molecular weight excluding hydrogens is 540 g/mol. The topological polar surface area (TPSA) is 101 Å². The Balaban J connectivity index is 1.15. The first-order chi connectivity index (χ1) is 19.9. The first-order valence-corrected chi connectivity index (χ1v) is 14.7. The van der Waals surface area contributed by atoms with Crippen LogP contribution in [0.4, 0.5) is 5.82 Å². The summed E-state index contributed by atoms with van der Waals surface area (Å²) in [4.78, 5) is 35.3. The number of piperazine rings is 1. The number of benzene rings is 1. The molecule has 1 aliphatic heterocycles. The summed E-state index contributed by atoms with van der Waals surface area (Å²) < 4.78 is 3.54. The summed E-state index contributed by atoms with van der Waals surface area (Å²) in [6.45, 7) is 6.23. The Morgan fingerprint density at radius 1 is 0.976 bits per heavy atom. The summed E-state index contributed by atoms with van der Waals surface area (Å²) >= 11 is 6.06. The average molecular weight is 575 g/mol. The molecule has 4 heterocycles. The van der Waals surface area contributed by atoms with Crippen LogP contribution in [-0.2, 0) is 6.54 Å². The lowest BCUT2D eigenvalue weighted by molar-refractivity contribution is 0.0919. The number of anilines is 1. The molecule has 1 aliphatic carbocycles. The second kappa shape index (κ2) is 11.6. The van der Waals surface area contributed by atoms with Crippen molar-refractivity contribution in [3.05, 3.63) is 75.4 Å². The molecule has 2 fully saturated rings. The Bertz CT molecular complexity index is 1600. The predicted molar refractivity (Wildman–Crippen MR) is 160 cm³/mol. The van der Waals surface area contributed by atoms with Gasteiger partial charge in [0.15, 0.2) is 11.6 Å². The van der Waals surface area contributed by atoms with Gasteiger partial charge in [0.2, 0.25) is 0 Å². The Morgan fingerprint density at radius 2 is 1.66 bits per heavy atom. The largest absolute Gasteiger partial charge is 0.353 e. The summed E-state index contributed by atoms with van der Waals surface area (Å²) in [6.07, 6.45) is 5.10. The molecule has 6 rings (SSSR count). The fourth-order valence-electron chi connectivity index (χ4n) is 6.00. The van der Waals surface area contributed by atoms with E-state index < -0.39 is 0 Å². The molecule has 1 saturated carbocycles. The predicted octanol–water partition coefficient (Wildman–Crippen LogP) is 3.68. The van der Waals surface area contributed by atoms with Crippen LogP contribution in [0.1, 0.15) is 41.7 Å². The molecule has 1 aromatic carbocycles. The third-order valence-electron chi connectivity index (χ3n) is 8.45. The second-order valence-electron chi connectivity index (χ2n) is 11.2. The van der Waals surface area contributed by atoms with Crippen LogP contribution in [-0.4, -0.2) is 74.4 Å². The highest BCUT2D eigenvalue weighted by atomic mass is 35.5. The molecule has 1 saturated heterocycles. The number of rotatable bonds is 6. The van der Waals surface area contributed by atoms with Crippen molar-refractivity contribution in [1.82, 2.24) is 34.5 Å². The van der Waals surface area contributed by atoms with Crippen molar-refractivity contribution in [1.29, 1.82) is 0 Å². The van der Waals surface area contributed by atoms with Crippen LogP contribution in [0.5, 0.6) is 0 Å². The van der Waals surface area contributed by atoms with Crippen molar-refractivity contribution in [3.63, 3.8) is 0 Å². The molecule has 1 amide bonds. The van der Waals surface area contributed by atoms with Crippen LogP contribution in [0.3, 0.4) is 0 Å². The molecule has 4 aromatic rings. The number of fused-ring (bicyclic) bond motifs is 1. The highest BCUT2D eigenvalue weighted by Crippen LogP contribution is 2.28. The number of pyridine rings is 1. The maximum absolute atomic E-state index is 13.8. The van der Waals surface area contributed by atoms with E-state index >= 15 is 0 Å². The Kier molecular flexibility index (Phi) is 7.77. The molecular formula is C30H35ClN8O2. The van der Waals surface area contributed by atoms with E-state index in [0.29, 0.717) is 34.6 Å². The number of nitrogens with zero attached hydrogens (tertiary/aromatic N) is 7. The van der Waals surface area contributed by atoms with E-state index in [9.17, 15) is 9.59 Å². The second-order valence-corrected chi connectivity index (χ2v) is 11.7. The van der Waals surface area contributed by atoms with Gasteiger partial charge in [-0.15, -0.1) is 10.2 Å². The number of imidazole rings is 1. The molecule has 0 spiro atoms. The molecule has 214 valence electrons. The SMILES string of the molecule is Cc1ncc(Cl)cc1C(=O)NC1CCC(Cn2c(=O)n(-c3ccc(N4CCN(C)CC4)nn3)c3ccccc32)CC1. The summed E-state index contributed by atoms with van der Waals surface area (Å²) in [5, 5.41) is 12.6. The van der Waals surface area contributed by atoms with E-state index in [0.717, 1.165) is 68.7 Å². The number of likely N-dealkylation sites (N-methyl/N-ethyl adjacent to an activating group) is 1. The standard InChI is InChI=1S/C30H35ClN8O2/c1-20-24(17-22(31)18-32-20)29(40)33-23-9-7-21(8-10-23)19-38-25-5-3-4-6-26(25)39(30(38)41)28-12-11-27(34-35-28)37-15-13-36(2)14-16-37/h3-6,11-12,17-18,21,23H,7-10,13-16,19H2,1-2H3,(H,33,40). The van der Waals surface area contributed by atoms with E-state index in [1.54, 1.807) is 16.8 Å². The highest BCUT2D eigenvalue weighted by Gasteiger charge is 2.26. The number of carbonyl (C=O) groups is 1. The van der Waals surface area contributed by atoms with Crippen molar-refractivity contribution in [3.8, 4) is 5.82 Å². The summed E-state index contributed by atoms with van der Waals surface area (Å²) in [5.41, 5.74) is 2.79. The van der Waals surface area contributed by atoms with E-state index in [1.807, 2.05) is 47.9 Å². The minimum Gasteiger partial charge on any atom is -0.353 e. The molecule has 3 aromatic heterocycles. The Morgan fingerprint density at radius 3 is 2.37 bits per heavy atom. The smallest absolute Gasteiger partial charge is 0.334 e. The van der Waals surface area contributed by atoms with E-state index in [-0.39, 0.29) is 17.6 Å². The molecule has 41 heavy (non-hydrogen) atoms. The number of nitrogens with one attached hydrogen (secondary N) is 1. The van der Waals surface area contributed by atoms with Crippen LogP contribution in [0.2, 0.25) is 5.02 Å². The van der Waals surface area contributed by atoms with E-state index in [2.05, 4.69) is 37.3 Å². The molecule has 1 N–H and O–H groups in total. The van der Waals surface area contributed by atoms with E-state index in [4.69, 9.17) is 11.6 Å². The van der Waals surface area contributed by atoms with Crippen LogP contribution in [0.25, 0.3) is 16.9 Å². The summed E-state index contributed by atoms with van der Waals surface area (Å²) in [5.74, 6) is 1.56. The van der Waals surface area contributed by atoms with Gasteiger partial charge in [-0.25, -0.2) is 9.36 Å². The first kappa shape index (κ1) is 27.4. The van der Waals surface area contributed by atoms with Crippen molar-refractivity contribution in [2.45, 2.75) is 45.2 Å². The monoisotopic (exact) mass is 574 g/mol. The van der Waals surface area contributed by atoms with Gasteiger partial charge in [-0.3, -0.25) is 14.3 Å². The van der Waals surface area contributed by atoms with Gasteiger partial charge in [0.1, 0.15) is 0 Å². The molecule has 0 atom stereocenters. The fourth-order valence-corrected chi connectivity index (χ4v) is 6.15. The van der Waals surface area contributed by atoms with Crippen LogP contribution in [0.15, 0.2) is 53.5 Å². The minimum absolute atomic E-state index is 0.0873. The number of amides is 1. The summed E-state index contributed by atoms with van der Waals surface area (Å²) in [6, 6.07) is 13.5. The molecule has 0 unspecified atom stereocenters. The fraction of sp³-hybridized carbons (Fsp3) is 0.433. The first-order valence-electron chi connectivity index (χ1n) is 14.3. The lowest BCUT2D eigenvalue weighted by atomic mass is 9.85. The number of aryl methyl sites for hydroxylation is 1. The highest BCUT2D eigenvalue weighted by molar-refractivity contribution is 6.30. The minimum atomic E-state index is -0.139. The van der Waals surface area contributed by atoms with Crippen molar-refractivity contribution in [2.75, 3.05) is 38.1 Å². The third-order valence-corrected chi connectivity index (χ3v) is 8.66. The third kappa shape index (κ3) is 5.71. The van der Waals surface area contributed by atoms with Gasteiger partial charge in [0.05, 0.1) is 27.3 Å². The number of hydrogen-bond acceptors (Lipinski definition) is 7. The van der Waals surface area contributed by atoms with Gasteiger partial charge in [0.25, 0.3) is 5.91 Å². The lowest BCUT2D eigenvalue weighted by Crippen LogP contribution is -2.44. The molecule has 2 aliphatic rings. The average Bonchev–Trinajstić information content (AvgIpc) is 3.26. The van der Waals surface area contributed by atoms with Crippen LogP contribution < -0.4 is 15.9 Å². The van der Waals surface area contributed by atoms with Gasteiger partial charge in [0, 0.05) is 45.0 Å². The van der Waals surface area contributed by atoms with Gasteiger partial charge < -0.3 is 15.1 Å². The maximum Gasteiger partial charge on any atom is 0.334 e. The molecule has 0 bridgehead atoms. The Hall–Kier alpha value is -3.76. The molecule has 0 radical (unpaired) electrons. The van der Waals surface area contributed by atoms with Crippen molar-refractivity contribution >= 4 is 34.4 Å². The lowest BCUT2D eigenvalue weighted by Gasteiger charge is -2.32. The van der Waals surface area contributed by atoms with Crippen LogP contribution >= 0.6 is 11.6 Å². The van der Waals surface area contributed by atoms with Crippen LogP contribution in [0, 0.1) is 12.8 Å². The van der Waals surface area contributed by atoms with Crippen molar-refractivity contribution < 1.29 is 4.79 Å². The number of aromatic nitrogens is 5. The zero-order chi connectivity index (χ0) is 28.5. The Labute approximate surface area is 243 Å². The number of para-hydroxylation sites is 2. The maximum atomic E-state index is 13.8. The summed E-state index contributed by atoms with van der Waals surface area (Å²) in [7, 11) is 2.12. The normalized spacial score (nSPS) is 19.9. The quantitative estimate of drug-likeness (QED) is 0.375. The molecule has 11 heteroatoms. The van der Waals surface area contributed by atoms with Gasteiger partial charge in [-0.1, -0.05) is 23.7 Å². The zero-order valence-corrected chi connectivity index (χ0v) is 24.2. The number of halogens is 1. The number of hydrogen-bond donors (Lipinski definition) is 1.